The van der Waals surface area contributed by atoms with E-state index in [-0.39, 0.29) is 24.3 Å². The number of rotatable bonds is 12. The van der Waals surface area contributed by atoms with Crippen LogP contribution in [-0.4, -0.2) is 55.5 Å². The second kappa shape index (κ2) is 12.5. The highest BCUT2D eigenvalue weighted by molar-refractivity contribution is 7.10. The summed E-state index contributed by atoms with van der Waals surface area (Å²) in [4.78, 5) is 30.7. The third-order valence-corrected chi connectivity index (χ3v) is 6.41. The number of nitrogens with zero attached hydrogens (tertiary/aromatic N) is 2. The van der Waals surface area contributed by atoms with E-state index in [9.17, 15) is 9.59 Å². The number of methoxy groups -OCH3 is 2. The van der Waals surface area contributed by atoms with Gasteiger partial charge in [0.2, 0.25) is 11.8 Å². The highest BCUT2D eigenvalue weighted by atomic mass is 32.1. The van der Waals surface area contributed by atoms with Gasteiger partial charge in [0.05, 0.1) is 27.3 Å². The largest absolute Gasteiger partial charge is 0.493 e. The zero-order chi connectivity index (χ0) is 23.7. The van der Waals surface area contributed by atoms with Crippen LogP contribution in [0.2, 0.25) is 0 Å². The molecule has 0 aliphatic rings. The molecule has 0 unspecified atom stereocenters. The average Bonchev–Trinajstić information content (AvgIpc) is 3.19. The number of benzene rings is 1. The van der Waals surface area contributed by atoms with E-state index >= 15 is 0 Å². The van der Waals surface area contributed by atoms with E-state index < -0.39 is 0 Å². The van der Waals surface area contributed by atoms with Crippen LogP contribution in [0, 0.1) is 12.8 Å². The summed E-state index contributed by atoms with van der Waals surface area (Å²) in [6.07, 6.45) is 1.50. The van der Waals surface area contributed by atoms with Crippen molar-refractivity contribution in [1.29, 1.82) is 0 Å². The SMILES string of the molecule is CCCN(CC(=O)N(CCc1ccc(OC)c(OC)c1)Cc1sccc1C)C(=O)C(C)C. The lowest BCUT2D eigenvalue weighted by molar-refractivity contribution is -0.142. The highest BCUT2D eigenvalue weighted by Gasteiger charge is 2.23. The Balaban J connectivity index is 2.19. The van der Waals surface area contributed by atoms with Crippen molar-refractivity contribution in [3.05, 3.63) is 45.6 Å². The quantitative estimate of drug-likeness (QED) is 0.467. The Hall–Kier alpha value is -2.54. The van der Waals surface area contributed by atoms with E-state index in [4.69, 9.17) is 9.47 Å². The van der Waals surface area contributed by atoms with Gasteiger partial charge >= 0.3 is 0 Å². The molecule has 1 aromatic heterocycles. The summed E-state index contributed by atoms with van der Waals surface area (Å²) < 4.78 is 10.7. The summed E-state index contributed by atoms with van der Waals surface area (Å²) in [6.45, 7) is 9.64. The molecule has 0 fully saturated rings. The molecule has 0 saturated heterocycles. The Kier molecular flexibility index (Phi) is 10.0. The molecule has 1 aromatic carbocycles. The highest BCUT2D eigenvalue weighted by Crippen LogP contribution is 2.28. The van der Waals surface area contributed by atoms with Gasteiger partial charge in [0.1, 0.15) is 0 Å². The molecule has 0 bridgehead atoms. The first-order chi connectivity index (χ1) is 15.3. The fraction of sp³-hybridized carbons (Fsp3) is 0.520. The average molecular weight is 461 g/mol. The van der Waals surface area contributed by atoms with E-state index in [2.05, 4.69) is 13.0 Å². The zero-order valence-electron chi connectivity index (χ0n) is 20.1. The van der Waals surface area contributed by atoms with Gasteiger partial charge < -0.3 is 19.3 Å². The van der Waals surface area contributed by atoms with Crippen LogP contribution in [0.15, 0.2) is 29.6 Å². The molecule has 7 heteroatoms. The van der Waals surface area contributed by atoms with Crippen molar-refractivity contribution in [1.82, 2.24) is 9.80 Å². The molecular weight excluding hydrogens is 424 g/mol. The first kappa shape index (κ1) is 25.7. The Labute approximate surface area is 196 Å². The smallest absolute Gasteiger partial charge is 0.242 e. The standard InChI is InChI=1S/C25H36N2O4S/c1-7-12-27(25(29)18(2)3)17-24(28)26(16-23-19(4)11-14-32-23)13-10-20-8-9-21(30-5)22(15-20)31-6/h8-9,11,14-15,18H,7,10,12-13,16-17H2,1-6H3. The minimum atomic E-state index is -0.130. The lowest BCUT2D eigenvalue weighted by Crippen LogP contribution is -2.44. The van der Waals surface area contributed by atoms with Crippen molar-refractivity contribution < 1.29 is 19.1 Å². The fourth-order valence-electron chi connectivity index (χ4n) is 3.50. The van der Waals surface area contributed by atoms with Crippen molar-refractivity contribution in [2.24, 2.45) is 5.92 Å². The van der Waals surface area contributed by atoms with E-state index in [0.717, 1.165) is 12.0 Å². The molecule has 0 aliphatic heterocycles. The van der Waals surface area contributed by atoms with Crippen LogP contribution >= 0.6 is 11.3 Å². The van der Waals surface area contributed by atoms with Gasteiger partial charge in [-0.3, -0.25) is 9.59 Å². The van der Waals surface area contributed by atoms with Crippen molar-refractivity contribution in [2.45, 2.75) is 47.1 Å². The van der Waals surface area contributed by atoms with Gasteiger partial charge in [0, 0.05) is 23.9 Å². The second-order valence-electron chi connectivity index (χ2n) is 8.20. The number of amides is 2. The topological polar surface area (TPSA) is 59.1 Å². The number of carbonyl (C=O) groups is 2. The van der Waals surface area contributed by atoms with Gasteiger partial charge in [-0.05, 0) is 54.5 Å². The summed E-state index contributed by atoms with van der Waals surface area (Å²) in [5, 5.41) is 2.05. The normalized spacial score (nSPS) is 10.8. The molecule has 32 heavy (non-hydrogen) atoms. The zero-order valence-corrected chi connectivity index (χ0v) is 21.0. The maximum absolute atomic E-state index is 13.3. The Morgan fingerprint density at radius 3 is 2.31 bits per heavy atom. The maximum atomic E-state index is 13.3. The van der Waals surface area contributed by atoms with Crippen molar-refractivity contribution in [2.75, 3.05) is 33.9 Å². The molecule has 176 valence electrons. The van der Waals surface area contributed by atoms with Crippen LogP contribution in [0.4, 0.5) is 0 Å². The Morgan fingerprint density at radius 2 is 1.75 bits per heavy atom. The van der Waals surface area contributed by atoms with Crippen LogP contribution in [0.25, 0.3) is 0 Å². The molecule has 6 nitrogen and oxygen atoms in total. The maximum Gasteiger partial charge on any atom is 0.242 e. The molecule has 0 atom stereocenters. The predicted octanol–water partition coefficient (Wildman–Crippen LogP) is 4.54. The number of aryl methyl sites for hydroxylation is 1. The predicted molar refractivity (Wildman–Crippen MR) is 129 cm³/mol. The van der Waals surface area contributed by atoms with Crippen molar-refractivity contribution in [3.63, 3.8) is 0 Å². The number of ether oxygens (including phenoxy) is 2. The lowest BCUT2D eigenvalue weighted by Gasteiger charge is -2.28. The summed E-state index contributed by atoms with van der Waals surface area (Å²) in [5.74, 6) is 1.22. The Morgan fingerprint density at radius 1 is 1.03 bits per heavy atom. The molecule has 2 rings (SSSR count). The molecule has 2 aromatic rings. The van der Waals surface area contributed by atoms with Crippen molar-refractivity contribution in [3.8, 4) is 11.5 Å². The van der Waals surface area contributed by atoms with Crippen LogP contribution in [0.1, 0.15) is 43.2 Å². The second-order valence-corrected chi connectivity index (χ2v) is 9.20. The molecule has 0 spiro atoms. The lowest BCUT2D eigenvalue weighted by atomic mass is 10.1. The van der Waals surface area contributed by atoms with Crippen molar-refractivity contribution >= 4 is 23.2 Å². The minimum absolute atomic E-state index is 0.0207. The van der Waals surface area contributed by atoms with Gasteiger partial charge in [0.25, 0.3) is 0 Å². The number of thiophene rings is 1. The molecule has 1 heterocycles. The van der Waals surface area contributed by atoms with Gasteiger partial charge in [-0.25, -0.2) is 0 Å². The van der Waals surface area contributed by atoms with E-state index in [0.29, 0.717) is 37.6 Å². The monoisotopic (exact) mass is 460 g/mol. The number of hydrogen-bond donors (Lipinski definition) is 0. The van der Waals surface area contributed by atoms with Crippen LogP contribution < -0.4 is 9.47 Å². The summed E-state index contributed by atoms with van der Waals surface area (Å²) >= 11 is 1.66. The Bertz CT molecular complexity index is 894. The van der Waals surface area contributed by atoms with Gasteiger partial charge in [0.15, 0.2) is 11.5 Å². The van der Waals surface area contributed by atoms with Gasteiger partial charge in [-0.2, -0.15) is 0 Å². The van der Waals surface area contributed by atoms with E-state index in [1.807, 2.05) is 49.3 Å². The summed E-state index contributed by atoms with van der Waals surface area (Å²) in [7, 11) is 3.23. The number of hydrogen-bond acceptors (Lipinski definition) is 5. The molecule has 0 radical (unpaired) electrons. The molecule has 0 N–H and O–H groups in total. The van der Waals surface area contributed by atoms with Gasteiger partial charge in [-0.1, -0.05) is 26.8 Å². The molecule has 0 saturated carbocycles. The minimum Gasteiger partial charge on any atom is -0.493 e. The van der Waals surface area contributed by atoms with Crippen LogP contribution in [0.3, 0.4) is 0 Å². The summed E-state index contributed by atoms with van der Waals surface area (Å²) in [6, 6.07) is 7.90. The van der Waals surface area contributed by atoms with Crippen LogP contribution in [0.5, 0.6) is 11.5 Å². The fourth-order valence-corrected chi connectivity index (χ4v) is 4.42. The first-order valence-electron chi connectivity index (χ1n) is 11.1. The van der Waals surface area contributed by atoms with Crippen LogP contribution in [-0.2, 0) is 22.6 Å². The van der Waals surface area contributed by atoms with Gasteiger partial charge in [-0.15, -0.1) is 11.3 Å². The third kappa shape index (κ3) is 6.99. The summed E-state index contributed by atoms with van der Waals surface area (Å²) in [5.41, 5.74) is 2.25. The third-order valence-electron chi connectivity index (χ3n) is 5.40. The van der Waals surface area contributed by atoms with E-state index in [1.165, 1.54) is 10.4 Å². The first-order valence-corrected chi connectivity index (χ1v) is 12.0. The number of carbonyl (C=O) groups excluding carboxylic acids is 2. The molecule has 0 aliphatic carbocycles. The molecule has 2 amide bonds. The molecular formula is C25H36N2O4S. The van der Waals surface area contributed by atoms with E-state index in [1.54, 1.807) is 30.5 Å².